The smallest absolute Gasteiger partial charge is 0.0589 e. The van der Waals surface area contributed by atoms with E-state index in [4.69, 9.17) is 4.74 Å². The molecule has 3 heterocycles. The molecule has 4 heteroatoms. The number of hydrogen-bond acceptors (Lipinski definition) is 3. The first-order valence-corrected chi connectivity index (χ1v) is 8.38. The normalized spacial score (nSPS) is 25.1. The summed E-state index contributed by atoms with van der Waals surface area (Å²) in [6.45, 7) is 10.4. The molecule has 4 nitrogen and oxygen atoms in total. The molecule has 0 aromatic carbocycles. The van der Waals surface area contributed by atoms with Crippen LogP contribution in [0.25, 0.3) is 0 Å². The van der Waals surface area contributed by atoms with Crippen LogP contribution in [0, 0.1) is 5.92 Å². The Kier molecular flexibility index (Phi) is 4.99. The number of likely N-dealkylation sites (tertiary alicyclic amines) is 1. The van der Waals surface area contributed by atoms with Gasteiger partial charge in [-0.3, -0.25) is 4.90 Å². The average molecular weight is 291 g/mol. The molecule has 1 fully saturated rings. The van der Waals surface area contributed by atoms with Crippen molar-refractivity contribution in [3.63, 3.8) is 0 Å². The monoisotopic (exact) mass is 291 g/mol. The zero-order chi connectivity index (χ0) is 14.7. The van der Waals surface area contributed by atoms with Crippen molar-refractivity contribution in [2.24, 2.45) is 5.92 Å². The Morgan fingerprint density at radius 3 is 2.76 bits per heavy atom. The third-order valence-corrected chi connectivity index (χ3v) is 5.28. The Hall–Kier alpha value is -0.840. The number of fused-ring (bicyclic) bond motifs is 1. The summed E-state index contributed by atoms with van der Waals surface area (Å²) in [7, 11) is 1.79. The summed E-state index contributed by atoms with van der Waals surface area (Å²) in [5.74, 6) is 0.868. The van der Waals surface area contributed by atoms with Crippen LogP contribution < -0.4 is 0 Å². The van der Waals surface area contributed by atoms with E-state index in [9.17, 15) is 0 Å². The molecule has 118 valence electrons. The van der Waals surface area contributed by atoms with Crippen molar-refractivity contribution in [1.82, 2.24) is 14.4 Å². The van der Waals surface area contributed by atoms with Crippen LogP contribution in [0.1, 0.15) is 31.5 Å². The van der Waals surface area contributed by atoms with E-state index in [0.29, 0.717) is 6.04 Å². The molecule has 0 N–H and O–H groups in total. The SMILES string of the molecule is COCCN1CCC(CN2CCn3cccc3[C@@H]2C)CC1. The van der Waals surface area contributed by atoms with Gasteiger partial charge in [0.05, 0.1) is 6.61 Å². The predicted molar refractivity (Wildman–Crippen MR) is 85.5 cm³/mol. The second-order valence-electron chi connectivity index (χ2n) is 6.58. The Balaban J connectivity index is 1.48. The number of methoxy groups -OCH3 is 1. The largest absolute Gasteiger partial charge is 0.383 e. The maximum atomic E-state index is 5.18. The lowest BCUT2D eigenvalue weighted by molar-refractivity contribution is 0.0885. The molecule has 2 aliphatic heterocycles. The number of rotatable bonds is 5. The van der Waals surface area contributed by atoms with E-state index in [2.05, 4.69) is 39.6 Å². The van der Waals surface area contributed by atoms with Gasteiger partial charge in [-0.15, -0.1) is 0 Å². The Bertz CT molecular complexity index is 437. The van der Waals surface area contributed by atoms with Crippen LogP contribution in [0.15, 0.2) is 18.3 Å². The van der Waals surface area contributed by atoms with Gasteiger partial charge in [0.1, 0.15) is 0 Å². The molecule has 1 atom stereocenters. The number of hydrogen-bond donors (Lipinski definition) is 0. The molecule has 3 rings (SSSR count). The molecule has 1 aromatic rings. The quantitative estimate of drug-likeness (QED) is 0.830. The fourth-order valence-corrected chi connectivity index (χ4v) is 3.82. The van der Waals surface area contributed by atoms with E-state index in [1.807, 2.05) is 0 Å². The van der Waals surface area contributed by atoms with Crippen molar-refractivity contribution >= 4 is 0 Å². The first-order valence-electron chi connectivity index (χ1n) is 8.38. The van der Waals surface area contributed by atoms with Gasteiger partial charge in [-0.05, 0) is 50.9 Å². The van der Waals surface area contributed by atoms with Gasteiger partial charge in [0, 0.05) is 51.2 Å². The molecule has 21 heavy (non-hydrogen) atoms. The Labute approximate surface area is 128 Å². The third-order valence-electron chi connectivity index (χ3n) is 5.28. The average Bonchev–Trinajstić information content (AvgIpc) is 2.99. The van der Waals surface area contributed by atoms with E-state index < -0.39 is 0 Å². The van der Waals surface area contributed by atoms with Crippen molar-refractivity contribution in [2.45, 2.75) is 32.4 Å². The van der Waals surface area contributed by atoms with Crippen LogP contribution in [-0.2, 0) is 11.3 Å². The Morgan fingerprint density at radius 2 is 2.00 bits per heavy atom. The highest BCUT2D eigenvalue weighted by molar-refractivity contribution is 5.13. The van der Waals surface area contributed by atoms with Crippen LogP contribution in [0.4, 0.5) is 0 Å². The van der Waals surface area contributed by atoms with Crippen LogP contribution in [0.5, 0.6) is 0 Å². The summed E-state index contributed by atoms with van der Waals surface area (Å²) in [5.41, 5.74) is 1.48. The van der Waals surface area contributed by atoms with Gasteiger partial charge >= 0.3 is 0 Å². The lowest BCUT2D eigenvalue weighted by Gasteiger charge is -2.39. The lowest BCUT2D eigenvalue weighted by Crippen LogP contribution is -2.43. The molecule has 1 saturated heterocycles. The fraction of sp³-hybridized carbons (Fsp3) is 0.765. The van der Waals surface area contributed by atoms with Gasteiger partial charge in [0.15, 0.2) is 0 Å². The number of aromatic nitrogens is 1. The maximum absolute atomic E-state index is 5.18. The summed E-state index contributed by atoms with van der Waals surface area (Å²) < 4.78 is 7.59. The molecule has 0 spiro atoms. The van der Waals surface area contributed by atoms with Gasteiger partial charge in [0.25, 0.3) is 0 Å². The molecule has 1 aromatic heterocycles. The van der Waals surface area contributed by atoms with Crippen LogP contribution in [-0.4, -0.2) is 60.8 Å². The molecular weight excluding hydrogens is 262 g/mol. The van der Waals surface area contributed by atoms with E-state index in [1.54, 1.807) is 7.11 Å². The van der Waals surface area contributed by atoms with E-state index in [1.165, 1.54) is 44.7 Å². The van der Waals surface area contributed by atoms with E-state index in [-0.39, 0.29) is 0 Å². The first-order chi connectivity index (χ1) is 10.3. The van der Waals surface area contributed by atoms with Crippen molar-refractivity contribution in [1.29, 1.82) is 0 Å². The van der Waals surface area contributed by atoms with Gasteiger partial charge in [0.2, 0.25) is 0 Å². The van der Waals surface area contributed by atoms with Crippen LogP contribution in [0.2, 0.25) is 0 Å². The highest BCUT2D eigenvalue weighted by atomic mass is 16.5. The van der Waals surface area contributed by atoms with Crippen molar-refractivity contribution in [3.8, 4) is 0 Å². The molecular formula is C17H29N3O. The zero-order valence-electron chi connectivity index (χ0n) is 13.5. The molecule has 0 radical (unpaired) electrons. The number of nitrogens with zero attached hydrogens (tertiary/aromatic N) is 3. The van der Waals surface area contributed by atoms with Gasteiger partial charge in [-0.25, -0.2) is 0 Å². The van der Waals surface area contributed by atoms with Crippen LogP contribution in [0.3, 0.4) is 0 Å². The van der Waals surface area contributed by atoms with Gasteiger partial charge in [-0.1, -0.05) is 0 Å². The predicted octanol–water partition coefficient (Wildman–Crippen LogP) is 2.22. The fourth-order valence-electron chi connectivity index (χ4n) is 3.82. The second kappa shape index (κ2) is 6.95. The number of piperidine rings is 1. The first kappa shape index (κ1) is 15.1. The van der Waals surface area contributed by atoms with E-state index in [0.717, 1.165) is 25.6 Å². The third kappa shape index (κ3) is 3.50. The summed E-state index contributed by atoms with van der Waals surface area (Å²) in [6, 6.07) is 5.04. The lowest BCUT2D eigenvalue weighted by atomic mass is 9.95. The van der Waals surface area contributed by atoms with Crippen molar-refractivity contribution < 1.29 is 4.74 Å². The molecule has 0 amide bonds. The Morgan fingerprint density at radius 1 is 1.19 bits per heavy atom. The summed E-state index contributed by atoms with van der Waals surface area (Å²) in [5, 5.41) is 0. The summed E-state index contributed by atoms with van der Waals surface area (Å²) in [6.07, 6.45) is 4.90. The number of ether oxygens (including phenoxy) is 1. The minimum absolute atomic E-state index is 0.570. The standard InChI is InChI=1S/C17H29N3O/c1-15-17-4-3-7-19(17)10-11-20(15)14-16-5-8-18(9-6-16)12-13-21-2/h3-4,7,15-16H,5-6,8-14H2,1-2H3/t15-/m0/s1. The van der Waals surface area contributed by atoms with E-state index >= 15 is 0 Å². The summed E-state index contributed by atoms with van der Waals surface area (Å²) >= 11 is 0. The van der Waals surface area contributed by atoms with Crippen molar-refractivity contribution in [3.05, 3.63) is 24.0 Å². The minimum Gasteiger partial charge on any atom is -0.383 e. The maximum Gasteiger partial charge on any atom is 0.0589 e. The van der Waals surface area contributed by atoms with Crippen molar-refractivity contribution in [2.75, 3.05) is 46.4 Å². The molecule has 0 bridgehead atoms. The molecule has 0 unspecified atom stereocenters. The molecule has 0 saturated carbocycles. The highest BCUT2D eigenvalue weighted by Crippen LogP contribution is 2.28. The molecule has 0 aliphatic carbocycles. The second-order valence-corrected chi connectivity index (χ2v) is 6.58. The zero-order valence-corrected chi connectivity index (χ0v) is 13.5. The van der Waals surface area contributed by atoms with Crippen LogP contribution >= 0.6 is 0 Å². The van der Waals surface area contributed by atoms with Gasteiger partial charge < -0.3 is 14.2 Å². The van der Waals surface area contributed by atoms with Gasteiger partial charge in [-0.2, -0.15) is 0 Å². The highest BCUT2D eigenvalue weighted by Gasteiger charge is 2.27. The molecule has 2 aliphatic rings. The summed E-state index contributed by atoms with van der Waals surface area (Å²) in [4.78, 5) is 5.23. The topological polar surface area (TPSA) is 20.6 Å². The minimum atomic E-state index is 0.570.